The van der Waals surface area contributed by atoms with Gasteiger partial charge < -0.3 is 15.6 Å². The summed E-state index contributed by atoms with van der Waals surface area (Å²) in [7, 11) is 1.47. The van der Waals surface area contributed by atoms with Gasteiger partial charge in [-0.25, -0.2) is 4.98 Å². The number of rotatable bonds is 2. The fraction of sp³-hybridized carbons (Fsp3) is 0.200. The minimum Gasteiger partial charge on any atom is -0.481 e. The van der Waals surface area contributed by atoms with Crippen molar-refractivity contribution in [3.8, 4) is 17.7 Å². The van der Waals surface area contributed by atoms with E-state index in [1.165, 1.54) is 13.3 Å². The van der Waals surface area contributed by atoms with E-state index in [4.69, 9.17) is 15.6 Å². The molecule has 1 rings (SSSR count). The van der Waals surface area contributed by atoms with E-state index in [-0.39, 0.29) is 6.42 Å². The number of nitrogens with zero attached hydrogens (tertiary/aromatic N) is 1. The first kappa shape index (κ1) is 10.9. The van der Waals surface area contributed by atoms with Gasteiger partial charge in [-0.05, 0) is 6.07 Å². The second kappa shape index (κ2) is 4.86. The molecule has 78 valence electrons. The Morgan fingerprint density at radius 1 is 1.73 bits per heavy atom. The van der Waals surface area contributed by atoms with Crippen LogP contribution in [0.2, 0.25) is 0 Å². The zero-order valence-corrected chi connectivity index (χ0v) is 8.15. The van der Waals surface area contributed by atoms with Crippen LogP contribution in [0.4, 0.5) is 5.69 Å². The maximum atomic E-state index is 10.2. The molecule has 0 saturated heterocycles. The van der Waals surface area contributed by atoms with Crippen molar-refractivity contribution in [3.05, 3.63) is 17.8 Å². The lowest BCUT2D eigenvalue weighted by Gasteiger charge is -2.01. The van der Waals surface area contributed by atoms with Gasteiger partial charge in [0.05, 0.1) is 12.8 Å². The van der Waals surface area contributed by atoms with Crippen molar-refractivity contribution in [2.24, 2.45) is 0 Å². The summed E-state index contributed by atoms with van der Waals surface area (Å²) in [6.45, 7) is 0. The number of hydrogen-bond acceptors (Lipinski definition) is 4. The number of nitrogens with two attached hydrogens (primary N) is 1. The zero-order chi connectivity index (χ0) is 11.3. The number of carboxylic acids is 1. The van der Waals surface area contributed by atoms with Gasteiger partial charge in [0.25, 0.3) is 0 Å². The van der Waals surface area contributed by atoms with E-state index >= 15 is 0 Å². The molecular formula is C10H10N2O3. The van der Waals surface area contributed by atoms with Crippen LogP contribution >= 0.6 is 0 Å². The number of hydrogen-bond donors (Lipinski definition) is 2. The van der Waals surface area contributed by atoms with Gasteiger partial charge in [-0.15, -0.1) is 0 Å². The highest BCUT2D eigenvalue weighted by molar-refractivity contribution is 5.70. The Kier molecular flexibility index (Phi) is 3.52. The van der Waals surface area contributed by atoms with Gasteiger partial charge in [-0.1, -0.05) is 11.8 Å². The lowest BCUT2D eigenvalue weighted by atomic mass is 10.2. The number of anilines is 1. The number of carboxylic acid groups (broad SMARTS) is 1. The number of aromatic nitrogens is 1. The van der Waals surface area contributed by atoms with Crippen LogP contribution in [-0.2, 0) is 4.79 Å². The molecule has 0 aliphatic carbocycles. The average Bonchev–Trinajstić information content (AvgIpc) is 2.17. The van der Waals surface area contributed by atoms with Gasteiger partial charge in [-0.2, -0.15) is 0 Å². The van der Waals surface area contributed by atoms with Crippen molar-refractivity contribution >= 4 is 11.7 Å². The third kappa shape index (κ3) is 3.19. The quantitative estimate of drug-likeness (QED) is 0.688. The summed E-state index contributed by atoms with van der Waals surface area (Å²) >= 11 is 0. The smallest absolute Gasteiger partial charge is 0.315 e. The molecule has 0 atom stereocenters. The second-order valence-corrected chi connectivity index (χ2v) is 2.69. The maximum Gasteiger partial charge on any atom is 0.315 e. The first-order valence-electron chi connectivity index (χ1n) is 4.13. The maximum absolute atomic E-state index is 10.2. The van der Waals surface area contributed by atoms with Gasteiger partial charge in [0.1, 0.15) is 6.42 Å². The highest BCUT2D eigenvalue weighted by Gasteiger charge is 1.99. The molecule has 0 aliphatic heterocycles. The first-order chi connectivity index (χ1) is 7.13. The third-order valence-electron chi connectivity index (χ3n) is 1.54. The van der Waals surface area contributed by atoms with Crippen LogP contribution in [0, 0.1) is 11.8 Å². The molecule has 0 unspecified atom stereocenters. The highest BCUT2D eigenvalue weighted by Crippen LogP contribution is 2.17. The normalized spacial score (nSPS) is 8.87. The van der Waals surface area contributed by atoms with Crippen molar-refractivity contribution < 1.29 is 14.6 Å². The molecule has 5 heteroatoms. The van der Waals surface area contributed by atoms with Crippen molar-refractivity contribution in [2.45, 2.75) is 6.42 Å². The molecule has 1 aromatic heterocycles. The summed E-state index contributed by atoms with van der Waals surface area (Å²) in [6, 6.07) is 1.58. The van der Waals surface area contributed by atoms with Crippen LogP contribution < -0.4 is 10.5 Å². The Balaban J connectivity index is 2.82. The minimum atomic E-state index is -0.961. The molecule has 0 aromatic carbocycles. The van der Waals surface area contributed by atoms with Crippen molar-refractivity contribution in [3.63, 3.8) is 0 Å². The molecule has 15 heavy (non-hydrogen) atoms. The molecule has 0 fully saturated rings. The topological polar surface area (TPSA) is 85.4 Å². The first-order valence-corrected chi connectivity index (χ1v) is 4.13. The van der Waals surface area contributed by atoms with Crippen LogP contribution in [0.25, 0.3) is 0 Å². The highest BCUT2D eigenvalue weighted by atomic mass is 16.5. The molecule has 0 bridgehead atoms. The molecule has 3 N–H and O–H groups in total. The number of pyridine rings is 1. The lowest BCUT2D eigenvalue weighted by molar-refractivity contribution is -0.135. The van der Waals surface area contributed by atoms with E-state index in [9.17, 15) is 4.79 Å². The fourth-order valence-electron chi connectivity index (χ4n) is 0.930. The summed E-state index contributed by atoms with van der Waals surface area (Å²) in [5, 5.41) is 8.37. The molecule has 1 aromatic rings. The lowest BCUT2D eigenvalue weighted by Crippen LogP contribution is -1.96. The van der Waals surface area contributed by atoms with Crippen LogP contribution in [0.15, 0.2) is 12.3 Å². The molecule has 0 aliphatic rings. The predicted octanol–water partition coefficient (Wildman–Crippen LogP) is 0.499. The van der Waals surface area contributed by atoms with Crippen LogP contribution in [0.1, 0.15) is 12.0 Å². The summed E-state index contributed by atoms with van der Waals surface area (Å²) in [4.78, 5) is 14.1. The molecule has 1 heterocycles. The number of ether oxygens (including phenoxy) is 1. The number of nitrogen functional groups attached to an aromatic ring is 1. The molecule has 0 saturated carbocycles. The van der Waals surface area contributed by atoms with E-state index in [0.29, 0.717) is 17.1 Å². The molecule has 0 radical (unpaired) electrons. The Morgan fingerprint density at radius 3 is 3.00 bits per heavy atom. The Bertz CT molecular complexity index is 432. The Labute approximate surface area is 86.9 Å². The van der Waals surface area contributed by atoms with Crippen LogP contribution in [-0.4, -0.2) is 23.2 Å². The van der Waals surface area contributed by atoms with Gasteiger partial charge in [0, 0.05) is 11.8 Å². The van der Waals surface area contributed by atoms with E-state index in [1.54, 1.807) is 6.07 Å². The summed E-state index contributed by atoms with van der Waals surface area (Å²) in [5.41, 5.74) is 6.53. The molecule has 0 spiro atoms. The van der Waals surface area contributed by atoms with Gasteiger partial charge in [0.2, 0.25) is 5.88 Å². The van der Waals surface area contributed by atoms with E-state index in [2.05, 4.69) is 16.8 Å². The van der Waals surface area contributed by atoms with Crippen molar-refractivity contribution in [1.82, 2.24) is 4.98 Å². The second-order valence-electron chi connectivity index (χ2n) is 2.69. The number of carbonyl (C=O) groups is 1. The SMILES string of the molecule is COc1ncc(C#CCC(=O)O)cc1N. The zero-order valence-electron chi connectivity index (χ0n) is 8.15. The summed E-state index contributed by atoms with van der Waals surface area (Å²) < 4.78 is 4.86. The van der Waals surface area contributed by atoms with E-state index in [1.807, 2.05) is 0 Å². The van der Waals surface area contributed by atoms with E-state index < -0.39 is 5.97 Å². The standard InChI is InChI=1S/C10H10N2O3/c1-15-10-8(11)5-7(6-12-10)3-2-4-9(13)14/h5-6H,4,11H2,1H3,(H,13,14). The van der Waals surface area contributed by atoms with Gasteiger partial charge in [-0.3, -0.25) is 4.79 Å². The van der Waals surface area contributed by atoms with Crippen molar-refractivity contribution in [2.75, 3.05) is 12.8 Å². The minimum absolute atomic E-state index is 0.202. The van der Waals surface area contributed by atoms with E-state index in [0.717, 1.165) is 0 Å². The summed E-state index contributed by atoms with van der Waals surface area (Å²) in [6.07, 6.45) is 1.27. The Hall–Kier alpha value is -2.22. The monoisotopic (exact) mass is 206 g/mol. The largest absolute Gasteiger partial charge is 0.481 e. The number of aliphatic carboxylic acids is 1. The third-order valence-corrected chi connectivity index (χ3v) is 1.54. The van der Waals surface area contributed by atoms with Crippen LogP contribution in [0.3, 0.4) is 0 Å². The fourth-order valence-corrected chi connectivity index (χ4v) is 0.930. The Morgan fingerprint density at radius 2 is 2.47 bits per heavy atom. The summed E-state index contributed by atoms with van der Waals surface area (Å²) in [5.74, 6) is 4.49. The van der Waals surface area contributed by atoms with Crippen LogP contribution in [0.5, 0.6) is 5.88 Å². The average molecular weight is 206 g/mol. The predicted molar refractivity (Wildman–Crippen MR) is 54.3 cm³/mol. The molecule has 5 nitrogen and oxygen atoms in total. The van der Waals surface area contributed by atoms with Crippen molar-refractivity contribution in [1.29, 1.82) is 0 Å². The molecular weight excluding hydrogens is 196 g/mol. The van der Waals surface area contributed by atoms with Gasteiger partial charge in [0.15, 0.2) is 0 Å². The number of methoxy groups -OCH3 is 1. The van der Waals surface area contributed by atoms with Gasteiger partial charge >= 0.3 is 5.97 Å². The molecule has 0 amide bonds.